The smallest absolute Gasteiger partial charge is 0.236 e. The summed E-state index contributed by atoms with van der Waals surface area (Å²) in [7, 11) is 0. The summed E-state index contributed by atoms with van der Waals surface area (Å²) in [6.07, 6.45) is 0. The molecule has 0 amide bonds. The minimum atomic E-state index is 0.105. The maximum atomic E-state index is 9.56. The largest absolute Gasteiger partial charge is 0.484 e. The first-order valence-electron chi connectivity index (χ1n) is 11.6. The van der Waals surface area contributed by atoms with E-state index in [1.165, 1.54) is 11.1 Å². The predicted octanol–water partition coefficient (Wildman–Crippen LogP) is 6.57. The van der Waals surface area contributed by atoms with Crippen molar-refractivity contribution >= 4 is 17.5 Å². The third kappa shape index (κ3) is 6.53. The molecule has 0 aliphatic heterocycles. The van der Waals surface area contributed by atoms with Crippen LogP contribution in [-0.4, -0.2) is 29.5 Å². The summed E-state index contributed by atoms with van der Waals surface area (Å²) < 4.78 is 11.5. The molecule has 0 saturated carbocycles. The monoisotopic (exact) mass is 480 g/mol. The number of rotatable bonds is 10. The van der Waals surface area contributed by atoms with Gasteiger partial charge < -0.3 is 14.5 Å². The third-order valence-electron chi connectivity index (χ3n) is 5.82. The van der Waals surface area contributed by atoms with Crippen LogP contribution in [0.1, 0.15) is 63.4 Å². The lowest BCUT2D eigenvalue weighted by Crippen LogP contribution is -2.33. The topological polar surface area (TPSA) is 74.3 Å². The van der Waals surface area contributed by atoms with Gasteiger partial charge in [-0.05, 0) is 53.9 Å². The number of nitrogens with zero attached hydrogens (tertiary/aromatic N) is 3. The highest BCUT2D eigenvalue weighted by Gasteiger charge is 2.22. The number of anilines is 1. The van der Waals surface area contributed by atoms with Crippen molar-refractivity contribution in [2.45, 2.75) is 52.7 Å². The second kappa shape index (κ2) is 11.4. The molecule has 0 fully saturated rings. The van der Waals surface area contributed by atoms with Crippen LogP contribution in [0.15, 0.2) is 52.9 Å². The van der Waals surface area contributed by atoms with E-state index in [-0.39, 0.29) is 23.8 Å². The van der Waals surface area contributed by atoms with Crippen LogP contribution in [0.4, 0.5) is 5.88 Å². The first kappa shape index (κ1) is 25.6. The zero-order chi connectivity index (χ0) is 24.7. The fraction of sp³-hybridized carbons (Fsp3) is 0.407. The molecule has 3 aromatic rings. The highest BCUT2D eigenvalue weighted by Crippen LogP contribution is 2.27. The van der Waals surface area contributed by atoms with Gasteiger partial charge in [-0.2, -0.15) is 10.2 Å². The van der Waals surface area contributed by atoms with E-state index in [9.17, 15) is 5.26 Å². The zero-order valence-corrected chi connectivity index (χ0v) is 21.3. The van der Waals surface area contributed by atoms with Crippen LogP contribution in [0.3, 0.4) is 0 Å². The lowest BCUT2D eigenvalue weighted by Gasteiger charge is -2.31. The van der Waals surface area contributed by atoms with E-state index in [0.29, 0.717) is 29.1 Å². The Morgan fingerprint density at radius 2 is 1.74 bits per heavy atom. The molecule has 0 aliphatic rings. The van der Waals surface area contributed by atoms with Gasteiger partial charge in [-0.1, -0.05) is 70.5 Å². The van der Waals surface area contributed by atoms with Crippen molar-refractivity contribution in [2.24, 2.45) is 0 Å². The molecule has 6 nitrogen and oxygen atoms in total. The summed E-state index contributed by atoms with van der Waals surface area (Å²) >= 11 is 5.91. The number of hydrogen-bond acceptors (Lipinski definition) is 6. The fourth-order valence-corrected chi connectivity index (χ4v) is 3.94. The van der Waals surface area contributed by atoms with Gasteiger partial charge in [-0.3, -0.25) is 4.90 Å². The number of benzene rings is 2. The van der Waals surface area contributed by atoms with Crippen LogP contribution in [0.5, 0.6) is 5.75 Å². The second-order valence-corrected chi connectivity index (χ2v) is 9.57. The van der Waals surface area contributed by atoms with Crippen LogP contribution in [0, 0.1) is 11.3 Å². The van der Waals surface area contributed by atoms with Gasteiger partial charge >= 0.3 is 0 Å². The quantitative estimate of drug-likeness (QED) is 0.353. The van der Waals surface area contributed by atoms with Crippen LogP contribution in [-0.2, 0) is 12.0 Å². The van der Waals surface area contributed by atoms with Gasteiger partial charge in [0.15, 0.2) is 6.61 Å². The average Bonchev–Trinajstić information content (AvgIpc) is 3.23. The standard InChI is InChI=1S/C27H33ClN4O2/c1-6-32(7-2)24(19-8-10-20(11-9-19)27(3,4)5)17-30-26-23(16-29)31-25(34-26)18-33-22-14-12-21(28)13-15-22/h8-15,24,30H,6-7,17-18H2,1-5H3/t24-/m1/s1. The number of ether oxygens (including phenoxy) is 1. The van der Waals surface area contributed by atoms with E-state index in [1.807, 2.05) is 0 Å². The predicted molar refractivity (Wildman–Crippen MR) is 136 cm³/mol. The summed E-state index contributed by atoms with van der Waals surface area (Å²) in [5.74, 6) is 1.35. The van der Waals surface area contributed by atoms with Crippen LogP contribution < -0.4 is 10.1 Å². The number of nitrogens with one attached hydrogen (secondary N) is 1. The molecule has 2 aromatic carbocycles. The van der Waals surface area contributed by atoms with E-state index < -0.39 is 0 Å². The van der Waals surface area contributed by atoms with Gasteiger partial charge in [0.05, 0.1) is 6.04 Å². The molecule has 1 aromatic heterocycles. The molecular formula is C27H33ClN4O2. The van der Waals surface area contributed by atoms with Crippen LogP contribution in [0.25, 0.3) is 0 Å². The van der Waals surface area contributed by atoms with Crippen molar-refractivity contribution in [3.8, 4) is 11.8 Å². The van der Waals surface area contributed by atoms with Gasteiger partial charge in [0.2, 0.25) is 17.5 Å². The third-order valence-corrected chi connectivity index (χ3v) is 6.08. The van der Waals surface area contributed by atoms with E-state index in [0.717, 1.165) is 13.1 Å². The maximum absolute atomic E-state index is 9.56. The minimum absolute atomic E-state index is 0.105. The van der Waals surface area contributed by atoms with Gasteiger partial charge in [0.25, 0.3) is 0 Å². The maximum Gasteiger partial charge on any atom is 0.236 e. The highest BCUT2D eigenvalue weighted by atomic mass is 35.5. The first-order valence-corrected chi connectivity index (χ1v) is 12.0. The summed E-state index contributed by atoms with van der Waals surface area (Å²) in [4.78, 5) is 6.66. The molecule has 7 heteroatoms. The number of likely N-dealkylation sites (N-methyl/N-ethyl adjacent to an activating group) is 1. The van der Waals surface area contributed by atoms with Crippen molar-refractivity contribution in [2.75, 3.05) is 25.0 Å². The van der Waals surface area contributed by atoms with Crippen LogP contribution in [0.2, 0.25) is 5.02 Å². The molecule has 0 saturated heterocycles. The van der Waals surface area contributed by atoms with Gasteiger partial charge in [-0.25, -0.2) is 0 Å². The molecule has 180 valence electrons. The molecule has 1 atom stereocenters. The van der Waals surface area contributed by atoms with Crippen molar-refractivity contribution in [3.63, 3.8) is 0 Å². The molecular weight excluding hydrogens is 448 g/mol. The molecule has 3 rings (SSSR count). The Kier molecular flexibility index (Phi) is 8.60. The van der Waals surface area contributed by atoms with Crippen molar-refractivity contribution in [3.05, 3.63) is 76.3 Å². The summed E-state index contributed by atoms with van der Waals surface area (Å²) in [6.45, 7) is 13.5. The summed E-state index contributed by atoms with van der Waals surface area (Å²) in [5, 5.41) is 13.5. The molecule has 0 bridgehead atoms. The van der Waals surface area contributed by atoms with Crippen molar-refractivity contribution in [1.82, 2.24) is 9.88 Å². The lowest BCUT2D eigenvalue weighted by atomic mass is 9.86. The molecule has 1 N–H and O–H groups in total. The van der Waals surface area contributed by atoms with E-state index in [1.54, 1.807) is 24.3 Å². The van der Waals surface area contributed by atoms with Crippen molar-refractivity contribution in [1.29, 1.82) is 5.26 Å². The van der Waals surface area contributed by atoms with Crippen LogP contribution >= 0.6 is 11.6 Å². The fourth-order valence-electron chi connectivity index (χ4n) is 3.81. The van der Waals surface area contributed by atoms with Gasteiger partial charge in [0, 0.05) is 11.6 Å². The lowest BCUT2D eigenvalue weighted by molar-refractivity contribution is 0.226. The Labute approximate surface area is 207 Å². The molecule has 0 aliphatic carbocycles. The Morgan fingerprint density at radius 1 is 1.09 bits per heavy atom. The summed E-state index contributed by atoms with van der Waals surface area (Å²) in [5.41, 5.74) is 2.84. The van der Waals surface area contributed by atoms with E-state index in [2.05, 4.69) is 80.2 Å². The summed E-state index contributed by atoms with van der Waals surface area (Å²) in [6, 6.07) is 18.1. The number of oxazole rings is 1. The van der Waals surface area contributed by atoms with Gasteiger partial charge in [0.1, 0.15) is 11.8 Å². The first-order chi connectivity index (χ1) is 16.2. The number of hydrogen-bond donors (Lipinski definition) is 1. The zero-order valence-electron chi connectivity index (χ0n) is 20.6. The molecule has 0 unspecified atom stereocenters. The SMILES string of the molecule is CCN(CC)[C@H](CNc1oc(COc2ccc(Cl)cc2)nc1C#N)c1ccc(C(C)(C)C)cc1. The van der Waals surface area contributed by atoms with E-state index >= 15 is 0 Å². The van der Waals surface area contributed by atoms with E-state index in [4.69, 9.17) is 20.8 Å². The Balaban J connectivity index is 1.74. The molecule has 0 spiro atoms. The Morgan fingerprint density at radius 3 is 2.29 bits per heavy atom. The average molecular weight is 481 g/mol. The Hall–Kier alpha value is -3.01. The Bertz CT molecular complexity index is 1090. The van der Waals surface area contributed by atoms with Gasteiger partial charge in [-0.15, -0.1) is 0 Å². The van der Waals surface area contributed by atoms with Crippen molar-refractivity contribution < 1.29 is 9.15 Å². The second-order valence-electron chi connectivity index (χ2n) is 9.13. The molecule has 34 heavy (non-hydrogen) atoms. The number of nitriles is 1. The highest BCUT2D eigenvalue weighted by molar-refractivity contribution is 6.30. The minimum Gasteiger partial charge on any atom is -0.484 e. The molecule has 1 heterocycles. The number of aromatic nitrogens is 1. The normalized spacial score (nSPS) is 12.4. The number of halogens is 1. The molecule has 0 radical (unpaired) electrons.